The number of piperazine rings is 1. The van der Waals surface area contributed by atoms with Crippen LogP contribution in [0.3, 0.4) is 0 Å². The molecular weight excluding hydrogens is 204 g/mol. The van der Waals surface area contributed by atoms with Crippen molar-refractivity contribution in [3.63, 3.8) is 0 Å². The Bertz CT molecular complexity index is 228. The molecule has 0 aromatic carbocycles. The molecule has 0 unspecified atom stereocenters. The molecule has 0 bridgehead atoms. The zero-order valence-corrected chi connectivity index (χ0v) is 11.0. The fourth-order valence-electron chi connectivity index (χ4n) is 1.68. The first-order valence-corrected chi connectivity index (χ1v) is 6.06. The highest BCUT2D eigenvalue weighted by atomic mass is 16.5. The minimum absolute atomic E-state index is 0.116. The molecule has 0 saturated carbocycles. The normalized spacial score (nSPS) is 18.9. The van der Waals surface area contributed by atoms with Crippen LogP contribution in [-0.2, 0) is 9.53 Å². The molecular formula is C12H24N2O2. The van der Waals surface area contributed by atoms with Gasteiger partial charge in [-0.25, -0.2) is 0 Å². The van der Waals surface area contributed by atoms with Crippen molar-refractivity contribution in [2.75, 3.05) is 39.3 Å². The summed E-state index contributed by atoms with van der Waals surface area (Å²) in [5, 5.41) is 0. The molecule has 0 N–H and O–H groups in total. The highest BCUT2D eigenvalue weighted by Crippen LogP contribution is 2.08. The van der Waals surface area contributed by atoms with Crippen LogP contribution < -0.4 is 0 Å². The van der Waals surface area contributed by atoms with Gasteiger partial charge in [0.1, 0.15) is 6.61 Å². The van der Waals surface area contributed by atoms with Gasteiger partial charge < -0.3 is 14.5 Å². The predicted octanol–water partition coefficient (Wildman–Crippen LogP) is 0.966. The molecule has 94 valence electrons. The van der Waals surface area contributed by atoms with Gasteiger partial charge in [0.25, 0.3) is 0 Å². The quantitative estimate of drug-likeness (QED) is 0.721. The van der Waals surface area contributed by atoms with Gasteiger partial charge in [-0.2, -0.15) is 0 Å². The SMILES string of the molecule is CCN1CCN(C(=O)COC(C)(C)C)CC1. The van der Waals surface area contributed by atoms with Crippen LogP contribution in [0.15, 0.2) is 0 Å². The molecule has 0 aliphatic carbocycles. The number of nitrogens with zero attached hydrogens (tertiary/aromatic N) is 2. The highest BCUT2D eigenvalue weighted by molar-refractivity contribution is 5.77. The molecule has 0 radical (unpaired) electrons. The topological polar surface area (TPSA) is 32.8 Å². The molecule has 4 heteroatoms. The number of hydrogen-bond acceptors (Lipinski definition) is 3. The summed E-state index contributed by atoms with van der Waals surface area (Å²) in [6, 6.07) is 0. The molecule has 1 aliphatic rings. The van der Waals surface area contributed by atoms with Gasteiger partial charge in [0.05, 0.1) is 5.60 Å². The van der Waals surface area contributed by atoms with E-state index < -0.39 is 0 Å². The van der Waals surface area contributed by atoms with Crippen LogP contribution >= 0.6 is 0 Å². The molecule has 1 fully saturated rings. The van der Waals surface area contributed by atoms with Crippen LogP contribution in [0.4, 0.5) is 0 Å². The Morgan fingerprint density at radius 1 is 1.19 bits per heavy atom. The first-order valence-electron chi connectivity index (χ1n) is 6.06. The van der Waals surface area contributed by atoms with Gasteiger partial charge in [0.2, 0.25) is 5.91 Å². The van der Waals surface area contributed by atoms with Gasteiger partial charge >= 0.3 is 0 Å². The van der Waals surface area contributed by atoms with Crippen LogP contribution in [0.25, 0.3) is 0 Å². The lowest BCUT2D eigenvalue weighted by molar-refractivity contribution is -0.142. The van der Waals surface area contributed by atoms with Crippen LogP contribution in [0.2, 0.25) is 0 Å². The smallest absolute Gasteiger partial charge is 0.248 e. The summed E-state index contributed by atoms with van der Waals surface area (Å²) in [4.78, 5) is 16.1. The maximum Gasteiger partial charge on any atom is 0.248 e. The van der Waals surface area contributed by atoms with E-state index in [2.05, 4.69) is 11.8 Å². The molecule has 0 atom stereocenters. The molecule has 16 heavy (non-hydrogen) atoms. The Balaban J connectivity index is 2.28. The van der Waals surface area contributed by atoms with E-state index in [4.69, 9.17) is 4.74 Å². The third kappa shape index (κ3) is 4.49. The molecule has 1 aliphatic heterocycles. The molecule has 1 amide bonds. The third-order valence-corrected chi connectivity index (χ3v) is 2.80. The molecule has 1 saturated heterocycles. The lowest BCUT2D eigenvalue weighted by Gasteiger charge is -2.34. The van der Waals surface area contributed by atoms with Gasteiger partial charge in [-0.15, -0.1) is 0 Å². The number of rotatable bonds is 3. The van der Waals surface area contributed by atoms with Crippen LogP contribution in [-0.4, -0.2) is 60.6 Å². The van der Waals surface area contributed by atoms with E-state index in [1.165, 1.54) is 0 Å². The van der Waals surface area contributed by atoms with Crippen molar-refractivity contribution in [1.82, 2.24) is 9.80 Å². The summed E-state index contributed by atoms with van der Waals surface area (Å²) >= 11 is 0. The van der Waals surface area contributed by atoms with Crippen molar-refractivity contribution in [2.24, 2.45) is 0 Å². The monoisotopic (exact) mass is 228 g/mol. The summed E-state index contributed by atoms with van der Waals surface area (Å²) in [6.45, 7) is 13.0. The maximum atomic E-state index is 11.8. The summed E-state index contributed by atoms with van der Waals surface area (Å²) in [6.07, 6.45) is 0. The number of amides is 1. The van der Waals surface area contributed by atoms with E-state index in [1.807, 2.05) is 25.7 Å². The van der Waals surface area contributed by atoms with E-state index in [1.54, 1.807) is 0 Å². The van der Waals surface area contributed by atoms with Gasteiger partial charge in [0.15, 0.2) is 0 Å². The lowest BCUT2D eigenvalue weighted by atomic mass is 10.2. The number of carbonyl (C=O) groups is 1. The van der Waals surface area contributed by atoms with Gasteiger partial charge in [-0.1, -0.05) is 6.92 Å². The minimum Gasteiger partial charge on any atom is -0.366 e. The molecule has 1 rings (SSSR count). The largest absolute Gasteiger partial charge is 0.366 e. The van der Waals surface area contributed by atoms with Crippen LogP contribution in [0.5, 0.6) is 0 Å². The summed E-state index contributed by atoms with van der Waals surface area (Å²) < 4.78 is 5.49. The Labute approximate surface area is 98.5 Å². The summed E-state index contributed by atoms with van der Waals surface area (Å²) in [5.41, 5.74) is -0.235. The maximum absolute atomic E-state index is 11.8. The Kier molecular flexibility index (Phi) is 4.74. The number of likely N-dealkylation sites (N-methyl/N-ethyl adjacent to an activating group) is 1. The second-order valence-corrected chi connectivity index (χ2v) is 5.22. The van der Waals surface area contributed by atoms with Crippen molar-refractivity contribution < 1.29 is 9.53 Å². The van der Waals surface area contributed by atoms with Crippen molar-refractivity contribution >= 4 is 5.91 Å². The van der Waals surface area contributed by atoms with Crippen molar-refractivity contribution in [3.05, 3.63) is 0 Å². The van der Waals surface area contributed by atoms with E-state index >= 15 is 0 Å². The Morgan fingerprint density at radius 3 is 2.19 bits per heavy atom. The van der Waals surface area contributed by atoms with Crippen LogP contribution in [0.1, 0.15) is 27.7 Å². The number of carbonyl (C=O) groups excluding carboxylic acids is 1. The first kappa shape index (κ1) is 13.5. The molecule has 0 spiro atoms. The fourth-order valence-corrected chi connectivity index (χ4v) is 1.68. The van der Waals surface area contributed by atoms with Gasteiger partial charge in [0, 0.05) is 26.2 Å². The van der Waals surface area contributed by atoms with E-state index in [0.717, 1.165) is 32.7 Å². The summed E-state index contributed by atoms with van der Waals surface area (Å²) in [7, 11) is 0. The van der Waals surface area contributed by atoms with Crippen molar-refractivity contribution in [3.8, 4) is 0 Å². The third-order valence-electron chi connectivity index (χ3n) is 2.80. The zero-order valence-electron chi connectivity index (χ0n) is 11.0. The van der Waals surface area contributed by atoms with E-state index in [9.17, 15) is 4.79 Å². The van der Waals surface area contributed by atoms with Gasteiger partial charge in [-0.05, 0) is 27.3 Å². The lowest BCUT2D eigenvalue weighted by Crippen LogP contribution is -2.49. The van der Waals surface area contributed by atoms with E-state index in [-0.39, 0.29) is 18.1 Å². The molecule has 1 heterocycles. The summed E-state index contributed by atoms with van der Waals surface area (Å²) in [5.74, 6) is 0.116. The second kappa shape index (κ2) is 5.64. The zero-order chi connectivity index (χ0) is 12.2. The van der Waals surface area contributed by atoms with E-state index in [0.29, 0.717) is 0 Å². The Morgan fingerprint density at radius 2 is 1.75 bits per heavy atom. The number of ether oxygens (including phenoxy) is 1. The first-order chi connectivity index (χ1) is 7.42. The molecule has 0 aromatic rings. The fraction of sp³-hybridized carbons (Fsp3) is 0.917. The van der Waals surface area contributed by atoms with Crippen LogP contribution in [0, 0.1) is 0 Å². The van der Waals surface area contributed by atoms with Gasteiger partial charge in [-0.3, -0.25) is 4.79 Å². The number of hydrogen-bond donors (Lipinski definition) is 0. The molecule has 0 aromatic heterocycles. The molecule has 4 nitrogen and oxygen atoms in total. The highest BCUT2D eigenvalue weighted by Gasteiger charge is 2.21. The Hall–Kier alpha value is -0.610. The van der Waals surface area contributed by atoms with Crippen molar-refractivity contribution in [2.45, 2.75) is 33.3 Å². The average Bonchev–Trinajstić information content (AvgIpc) is 2.25. The standard InChI is InChI=1S/C12H24N2O2/c1-5-13-6-8-14(9-7-13)11(15)10-16-12(2,3)4/h5-10H2,1-4H3. The predicted molar refractivity (Wildman–Crippen MR) is 64.4 cm³/mol. The average molecular weight is 228 g/mol. The minimum atomic E-state index is -0.235. The van der Waals surface area contributed by atoms with Crippen molar-refractivity contribution in [1.29, 1.82) is 0 Å². The second-order valence-electron chi connectivity index (χ2n) is 5.22.